The van der Waals surface area contributed by atoms with Crippen molar-refractivity contribution in [2.45, 2.75) is 18.8 Å². The van der Waals surface area contributed by atoms with E-state index in [4.69, 9.17) is 16.2 Å². The van der Waals surface area contributed by atoms with Crippen molar-refractivity contribution in [1.29, 1.82) is 5.26 Å². The van der Waals surface area contributed by atoms with Crippen molar-refractivity contribution in [3.8, 4) is 11.8 Å². The van der Waals surface area contributed by atoms with Gasteiger partial charge in [-0.1, -0.05) is 43.3 Å². The van der Waals surface area contributed by atoms with Crippen molar-refractivity contribution in [3.05, 3.63) is 71.1 Å². The van der Waals surface area contributed by atoms with Crippen molar-refractivity contribution < 1.29 is 4.74 Å². The Hall–Kier alpha value is -2.93. The number of nitrogens with zero attached hydrogens (tertiary/aromatic N) is 1. The van der Waals surface area contributed by atoms with Crippen LogP contribution in [0.2, 0.25) is 0 Å². The van der Waals surface area contributed by atoms with Gasteiger partial charge >= 0.3 is 0 Å². The summed E-state index contributed by atoms with van der Waals surface area (Å²) in [7, 11) is 0. The van der Waals surface area contributed by atoms with Crippen LogP contribution in [-0.2, 0) is 0 Å². The molecule has 4 heteroatoms. The first kappa shape index (κ1) is 14.0. The molecule has 0 unspecified atom stereocenters. The van der Waals surface area contributed by atoms with Crippen molar-refractivity contribution in [2.75, 3.05) is 5.73 Å². The Balaban J connectivity index is 2.14. The maximum absolute atomic E-state index is 9.52. The Morgan fingerprint density at radius 2 is 1.86 bits per heavy atom. The van der Waals surface area contributed by atoms with Crippen molar-refractivity contribution in [1.82, 2.24) is 0 Å². The van der Waals surface area contributed by atoms with Gasteiger partial charge in [0.25, 0.3) is 0 Å². The minimum absolute atomic E-state index is 0.0978. The number of hydrogen-bond donors (Lipinski definition) is 2. The second kappa shape index (κ2) is 5.45. The Morgan fingerprint density at radius 1 is 1.14 bits per heavy atom. The zero-order chi connectivity index (χ0) is 15.7. The molecule has 0 radical (unpaired) electrons. The largest absolute Gasteiger partial charge is 0.440 e. The topological polar surface area (TPSA) is 85.1 Å². The lowest BCUT2D eigenvalue weighted by molar-refractivity contribution is 0.381. The maximum atomic E-state index is 9.52. The summed E-state index contributed by atoms with van der Waals surface area (Å²) >= 11 is 0. The van der Waals surface area contributed by atoms with E-state index < -0.39 is 0 Å². The zero-order valence-electron chi connectivity index (χ0n) is 12.3. The van der Waals surface area contributed by atoms with Crippen LogP contribution in [0.1, 0.15) is 29.9 Å². The Bertz CT molecular complexity index is 775. The van der Waals surface area contributed by atoms with Gasteiger partial charge in [0.1, 0.15) is 11.8 Å². The Morgan fingerprint density at radius 3 is 2.55 bits per heavy atom. The maximum Gasteiger partial charge on any atom is 0.205 e. The summed E-state index contributed by atoms with van der Waals surface area (Å²) in [5, 5.41) is 9.52. The fourth-order valence-corrected chi connectivity index (χ4v) is 2.97. The molecule has 0 aromatic heterocycles. The molecule has 1 aliphatic heterocycles. The smallest absolute Gasteiger partial charge is 0.205 e. The third-order valence-corrected chi connectivity index (χ3v) is 4.11. The number of hydrogen-bond acceptors (Lipinski definition) is 4. The molecule has 0 bridgehead atoms. The lowest BCUT2D eigenvalue weighted by Gasteiger charge is -2.30. The number of anilines is 1. The minimum atomic E-state index is -0.142. The first-order valence-electron chi connectivity index (χ1n) is 7.13. The normalized spacial score (nSPS) is 18.1. The Kier molecular flexibility index (Phi) is 3.48. The van der Waals surface area contributed by atoms with Gasteiger partial charge in [0.05, 0.1) is 5.57 Å². The van der Waals surface area contributed by atoms with Gasteiger partial charge in [0, 0.05) is 23.2 Å². The molecule has 4 N–H and O–H groups in total. The summed E-state index contributed by atoms with van der Waals surface area (Å²) in [6.45, 7) is 2.09. The van der Waals surface area contributed by atoms with Gasteiger partial charge in [-0.25, -0.2) is 0 Å². The lowest BCUT2D eigenvalue weighted by Crippen LogP contribution is -2.23. The van der Waals surface area contributed by atoms with Gasteiger partial charge in [-0.15, -0.1) is 0 Å². The quantitative estimate of drug-likeness (QED) is 0.832. The van der Waals surface area contributed by atoms with Gasteiger partial charge in [-0.2, -0.15) is 5.26 Å². The predicted octanol–water partition coefficient (Wildman–Crippen LogP) is 3.24. The Labute approximate surface area is 129 Å². The summed E-state index contributed by atoms with van der Waals surface area (Å²) in [5.74, 6) is 0.745. The molecule has 0 saturated heterocycles. The molecule has 2 atom stereocenters. The molecule has 3 rings (SSSR count). The number of nitriles is 1. The van der Waals surface area contributed by atoms with Gasteiger partial charge in [-0.05, 0) is 17.5 Å². The van der Waals surface area contributed by atoms with Gasteiger partial charge in [0.15, 0.2) is 0 Å². The van der Waals surface area contributed by atoms with E-state index >= 15 is 0 Å². The summed E-state index contributed by atoms with van der Waals surface area (Å²) in [6.07, 6.45) is 0. The fourth-order valence-electron chi connectivity index (χ4n) is 2.97. The molecule has 0 spiro atoms. The fraction of sp³-hybridized carbons (Fsp3) is 0.167. The average molecular weight is 291 g/mol. The second-order valence-electron chi connectivity index (χ2n) is 5.47. The molecule has 4 nitrogen and oxygen atoms in total. The van der Waals surface area contributed by atoms with E-state index in [-0.39, 0.29) is 17.7 Å². The SMILES string of the molecule is C[C@@H](c1ccccc1)[C@@H]1C(C#N)=C(N)Oc2cc(N)ccc21. The van der Waals surface area contributed by atoms with Crippen LogP contribution >= 0.6 is 0 Å². The number of fused-ring (bicyclic) bond motifs is 1. The molecule has 0 saturated carbocycles. The molecular formula is C18H17N3O. The zero-order valence-corrected chi connectivity index (χ0v) is 12.3. The van der Waals surface area contributed by atoms with Gasteiger partial charge in [0.2, 0.25) is 5.88 Å². The van der Waals surface area contributed by atoms with E-state index in [1.165, 1.54) is 0 Å². The van der Waals surface area contributed by atoms with E-state index in [1.54, 1.807) is 6.07 Å². The first-order chi connectivity index (χ1) is 10.6. The summed E-state index contributed by atoms with van der Waals surface area (Å²) in [5.41, 5.74) is 14.9. The monoisotopic (exact) mass is 291 g/mol. The van der Waals surface area contributed by atoms with E-state index in [1.807, 2.05) is 30.3 Å². The summed E-state index contributed by atoms with van der Waals surface area (Å²) in [6, 6.07) is 17.8. The second-order valence-corrected chi connectivity index (χ2v) is 5.47. The number of nitrogen functional groups attached to an aromatic ring is 1. The summed E-state index contributed by atoms with van der Waals surface area (Å²) < 4.78 is 5.59. The van der Waals surface area contributed by atoms with Crippen LogP contribution in [-0.4, -0.2) is 0 Å². The van der Waals surface area contributed by atoms with Crippen LogP contribution < -0.4 is 16.2 Å². The van der Waals surface area contributed by atoms with Gasteiger partial charge < -0.3 is 16.2 Å². The number of rotatable bonds is 2. The third kappa shape index (κ3) is 2.27. The van der Waals surface area contributed by atoms with Crippen LogP contribution in [0.4, 0.5) is 5.69 Å². The molecular weight excluding hydrogens is 274 g/mol. The van der Waals surface area contributed by atoms with Crippen LogP contribution in [0.5, 0.6) is 5.75 Å². The van der Waals surface area contributed by atoms with E-state index in [0.717, 1.165) is 11.1 Å². The third-order valence-electron chi connectivity index (χ3n) is 4.11. The first-order valence-corrected chi connectivity index (χ1v) is 7.13. The van der Waals surface area contributed by atoms with E-state index in [9.17, 15) is 5.26 Å². The van der Waals surface area contributed by atoms with Crippen molar-refractivity contribution in [2.24, 2.45) is 5.73 Å². The number of nitrogens with two attached hydrogens (primary N) is 2. The van der Waals surface area contributed by atoms with E-state index in [2.05, 4.69) is 25.1 Å². The molecule has 1 aliphatic rings. The van der Waals surface area contributed by atoms with Crippen LogP contribution in [0.3, 0.4) is 0 Å². The standard InChI is InChI=1S/C18H17N3O/c1-11(12-5-3-2-4-6-12)17-14-8-7-13(20)9-16(14)22-18(21)15(17)10-19/h2-9,11,17H,20-21H2,1H3/t11-,17-/m0/s1. The number of ether oxygens (including phenoxy) is 1. The highest BCUT2D eigenvalue weighted by molar-refractivity contribution is 5.57. The highest BCUT2D eigenvalue weighted by atomic mass is 16.5. The van der Waals surface area contributed by atoms with Crippen LogP contribution in [0.15, 0.2) is 60.0 Å². The highest BCUT2D eigenvalue weighted by Crippen LogP contribution is 2.46. The number of benzene rings is 2. The molecule has 0 amide bonds. The highest BCUT2D eigenvalue weighted by Gasteiger charge is 2.33. The number of allylic oxidation sites excluding steroid dienone is 1. The van der Waals surface area contributed by atoms with Crippen LogP contribution in [0.25, 0.3) is 0 Å². The van der Waals surface area contributed by atoms with Crippen molar-refractivity contribution >= 4 is 5.69 Å². The van der Waals surface area contributed by atoms with Crippen LogP contribution in [0, 0.1) is 11.3 Å². The van der Waals surface area contributed by atoms with E-state index in [0.29, 0.717) is 17.0 Å². The molecule has 0 aliphatic carbocycles. The van der Waals surface area contributed by atoms with Crippen molar-refractivity contribution in [3.63, 3.8) is 0 Å². The minimum Gasteiger partial charge on any atom is -0.440 e. The molecule has 2 aromatic rings. The molecule has 2 aromatic carbocycles. The lowest BCUT2D eigenvalue weighted by atomic mass is 9.77. The molecule has 0 fully saturated rings. The molecule has 110 valence electrons. The molecule has 22 heavy (non-hydrogen) atoms. The average Bonchev–Trinajstić information content (AvgIpc) is 2.53. The molecule has 1 heterocycles. The van der Waals surface area contributed by atoms with Gasteiger partial charge in [-0.3, -0.25) is 0 Å². The summed E-state index contributed by atoms with van der Waals surface area (Å²) in [4.78, 5) is 0. The predicted molar refractivity (Wildman–Crippen MR) is 85.9 cm³/mol.